The summed E-state index contributed by atoms with van der Waals surface area (Å²) in [5.41, 5.74) is 2.75. The highest BCUT2D eigenvalue weighted by molar-refractivity contribution is 7.90. The minimum Gasteiger partial charge on any atom is -0.444 e. The standard InChI is InChI=1S/C26H27N5O4S/c1-17-7-9-19(10-8-17)36(33,34)31-13-11-20-22-21(14-27-24(20)31)28-16-29-23(22)18-6-5-12-30(15-18)25(32)35-26(2,3)4/h6-11,13-14,16H,5,12,15H2,1-4H3. The first-order valence-corrected chi connectivity index (χ1v) is 13.1. The van der Waals surface area contributed by atoms with Crippen molar-refractivity contribution < 1.29 is 17.9 Å². The number of pyridine rings is 1. The second-order valence-electron chi connectivity index (χ2n) is 9.83. The smallest absolute Gasteiger partial charge is 0.410 e. The van der Waals surface area contributed by atoms with E-state index < -0.39 is 15.6 Å². The van der Waals surface area contributed by atoms with E-state index in [9.17, 15) is 13.2 Å². The number of aromatic nitrogens is 4. The Kier molecular flexibility index (Phi) is 5.78. The van der Waals surface area contributed by atoms with Crippen molar-refractivity contribution in [3.8, 4) is 0 Å². The zero-order chi connectivity index (χ0) is 25.7. The van der Waals surface area contributed by atoms with Gasteiger partial charge < -0.3 is 9.64 Å². The van der Waals surface area contributed by atoms with Crippen molar-refractivity contribution in [2.24, 2.45) is 0 Å². The quantitative estimate of drug-likeness (QED) is 0.402. The summed E-state index contributed by atoms with van der Waals surface area (Å²) in [7, 11) is -3.85. The van der Waals surface area contributed by atoms with Gasteiger partial charge in [0.2, 0.25) is 0 Å². The molecule has 0 atom stereocenters. The Morgan fingerprint density at radius 1 is 1.06 bits per heavy atom. The van der Waals surface area contributed by atoms with Crippen molar-refractivity contribution in [2.45, 2.75) is 44.6 Å². The zero-order valence-corrected chi connectivity index (χ0v) is 21.4. The fraction of sp³-hybridized carbons (Fsp3) is 0.308. The van der Waals surface area contributed by atoms with Crippen molar-refractivity contribution >= 4 is 43.6 Å². The van der Waals surface area contributed by atoms with Crippen LogP contribution in [0, 0.1) is 6.92 Å². The van der Waals surface area contributed by atoms with Gasteiger partial charge in [0, 0.05) is 23.5 Å². The number of benzene rings is 1. The van der Waals surface area contributed by atoms with Crippen LogP contribution in [0.5, 0.6) is 0 Å². The predicted octanol–water partition coefficient (Wildman–Crippen LogP) is 4.55. The molecule has 36 heavy (non-hydrogen) atoms. The normalized spacial score (nSPS) is 14.8. The lowest BCUT2D eigenvalue weighted by Crippen LogP contribution is -2.39. The van der Waals surface area contributed by atoms with Crippen LogP contribution in [0.2, 0.25) is 0 Å². The first kappa shape index (κ1) is 23.9. The van der Waals surface area contributed by atoms with Crippen LogP contribution in [-0.2, 0) is 14.8 Å². The van der Waals surface area contributed by atoms with Gasteiger partial charge >= 0.3 is 6.09 Å². The van der Waals surface area contributed by atoms with Gasteiger partial charge in [-0.25, -0.2) is 32.1 Å². The maximum absolute atomic E-state index is 13.4. The first-order chi connectivity index (χ1) is 17.0. The van der Waals surface area contributed by atoms with E-state index in [1.165, 1.54) is 16.5 Å². The van der Waals surface area contributed by atoms with Gasteiger partial charge in [-0.15, -0.1) is 0 Å². The number of carbonyl (C=O) groups excluding carboxylic acids is 1. The maximum atomic E-state index is 13.4. The molecule has 3 aromatic heterocycles. The molecule has 0 spiro atoms. The lowest BCUT2D eigenvalue weighted by molar-refractivity contribution is 0.0273. The number of carbonyl (C=O) groups is 1. The summed E-state index contributed by atoms with van der Waals surface area (Å²) < 4.78 is 33.5. The predicted molar refractivity (Wildman–Crippen MR) is 137 cm³/mol. The Bertz CT molecular complexity index is 1620. The van der Waals surface area contributed by atoms with Gasteiger partial charge in [0.05, 0.1) is 28.8 Å². The minimum absolute atomic E-state index is 0.181. The molecule has 1 aliphatic heterocycles. The third-order valence-electron chi connectivity index (χ3n) is 5.97. The molecule has 0 aliphatic carbocycles. The van der Waals surface area contributed by atoms with E-state index in [-0.39, 0.29) is 11.0 Å². The summed E-state index contributed by atoms with van der Waals surface area (Å²) in [5.74, 6) is 0. The van der Waals surface area contributed by atoms with Crippen LogP contribution in [0.4, 0.5) is 4.79 Å². The number of hydrogen-bond acceptors (Lipinski definition) is 7. The van der Waals surface area contributed by atoms with Crippen molar-refractivity contribution in [1.29, 1.82) is 0 Å². The fourth-order valence-electron chi connectivity index (χ4n) is 4.27. The van der Waals surface area contributed by atoms with Crippen molar-refractivity contribution in [3.05, 3.63) is 66.4 Å². The van der Waals surface area contributed by atoms with Crippen LogP contribution in [0.15, 0.2) is 60.0 Å². The maximum Gasteiger partial charge on any atom is 0.410 e. The molecule has 0 bridgehead atoms. The Morgan fingerprint density at radius 3 is 2.53 bits per heavy atom. The molecule has 1 amide bonds. The van der Waals surface area contributed by atoms with E-state index in [1.807, 2.05) is 27.7 Å². The van der Waals surface area contributed by atoms with Crippen molar-refractivity contribution in [1.82, 2.24) is 23.8 Å². The van der Waals surface area contributed by atoms with Crippen LogP contribution in [-0.4, -0.2) is 57.0 Å². The molecule has 5 rings (SSSR count). The summed E-state index contributed by atoms with van der Waals surface area (Å²) in [4.78, 5) is 27.9. The zero-order valence-electron chi connectivity index (χ0n) is 20.6. The molecule has 10 heteroatoms. The Hall–Kier alpha value is -3.79. The lowest BCUT2D eigenvalue weighted by Gasteiger charge is -2.30. The number of aryl methyl sites for hydroxylation is 1. The molecule has 9 nitrogen and oxygen atoms in total. The Labute approximate surface area is 209 Å². The van der Waals surface area contributed by atoms with Gasteiger partial charge in [-0.05, 0) is 57.9 Å². The highest BCUT2D eigenvalue weighted by Crippen LogP contribution is 2.32. The molecular weight excluding hydrogens is 478 g/mol. The van der Waals surface area contributed by atoms with Gasteiger partial charge in [0.25, 0.3) is 10.0 Å². The summed E-state index contributed by atoms with van der Waals surface area (Å²) in [6.45, 7) is 8.28. The SMILES string of the molecule is Cc1ccc(S(=O)(=O)n2ccc3c4c(C5=CCCN(C(=O)OC(C)(C)C)C5)ncnc4cnc32)cc1. The largest absolute Gasteiger partial charge is 0.444 e. The second-order valence-corrected chi connectivity index (χ2v) is 11.6. The average molecular weight is 506 g/mol. The molecule has 0 fully saturated rings. The average Bonchev–Trinajstić information content (AvgIpc) is 3.28. The summed E-state index contributed by atoms with van der Waals surface area (Å²) in [5, 5.41) is 1.31. The molecule has 186 valence electrons. The van der Waals surface area contributed by atoms with Crippen LogP contribution in [0.25, 0.3) is 27.5 Å². The summed E-state index contributed by atoms with van der Waals surface area (Å²) in [6, 6.07) is 8.42. The molecule has 4 aromatic rings. The topological polar surface area (TPSA) is 107 Å². The van der Waals surface area contributed by atoms with Crippen molar-refractivity contribution in [2.75, 3.05) is 13.1 Å². The molecule has 0 unspecified atom stereocenters. The van der Waals surface area contributed by atoms with E-state index in [0.717, 1.165) is 11.1 Å². The number of fused-ring (bicyclic) bond motifs is 3. The molecule has 1 aliphatic rings. The van der Waals surface area contributed by atoms with Crippen LogP contribution >= 0.6 is 0 Å². The molecule has 0 radical (unpaired) electrons. The number of hydrogen-bond donors (Lipinski definition) is 0. The number of nitrogens with zero attached hydrogens (tertiary/aromatic N) is 5. The molecule has 0 saturated heterocycles. The Balaban J connectivity index is 1.59. The van der Waals surface area contributed by atoms with E-state index in [1.54, 1.807) is 41.4 Å². The van der Waals surface area contributed by atoms with Crippen LogP contribution in [0.1, 0.15) is 38.4 Å². The summed E-state index contributed by atoms with van der Waals surface area (Å²) >= 11 is 0. The van der Waals surface area contributed by atoms with Gasteiger partial charge in [0.1, 0.15) is 11.9 Å². The van der Waals surface area contributed by atoms with E-state index in [2.05, 4.69) is 21.0 Å². The lowest BCUT2D eigenvalue weighted by atomic mass is 10.0. The van der Waals surface area contributed by atoms with Gasteiger partial charge in [-0.3, -0.25) is 0 Å². The monoisotopic (exact) mass is 505 g/mol. The van der Waals surface area contributed by atoms with Gasteiger partial charge in [-0.1, -0.05) is 23.8 Å². The van der Waals surface area contributed by atoms with E-state index in [0.29, 0.717) is 47.1 Å². The van der Waals surface area contributed by atoms with E-state index in [4.69, 9.17) is 4.74 Å². The number of rotatable bonds is 3. The van der Waals surface area contributed by atoms with Gasteiger partial charge in [-0.2, -0.15) is 0 Å². The third kappa shape index (κ3) is 4.32. The molecular formula is C26H27N5O4S. The van der Waals surface area contributed by atoms with E-state index >= 15 is 0 Å². The Morgan fingerprint density at radius 2 is 1.81 bits per heavy atom. The number of amides is 1. The second kappa shape index (κ2) is 8.70. The molecule has 0 N–H and O–H groups in total. The van der Waals surface area contributed by atoms with Crippen molar-refractivity contribution in [3.63, 3.8) is 0 Å². The highest BCUT2D eigenvalue weighted by atomic mass is 32.2. The third-order valence-corrected chi connectivity index (χ3v) is 7.65. The fourth-order valence-corrected chi connectivity index (χ4v) is 5.57. The molecule has 0 saturated carbocycles. The number of ether oxygens (including phenoxy) is 1. The minimum atomic E-state index is -3.85. The van der Waals surface area contributed by atoms with Crippen LogP contribution < -0.4 is 0 Å². The van der Waals surface area contributed by atoms with Crippen LogP contribution in [0.3, 0.4) is 0 Å². The summed E-state index contributed by atoms with van der Waals surface area (Å²) in [6.07, 6.45) is 6.84. The molecule has 4 heterocycles. The molecule has 1 aromatic carbocycles. The highest BCUT2D eigenvalue weighted by Gasteiger charge is 2.27. The van der Waals surface area contributed by atoms with Gasteiger partial charge in [0.15, 0.2) is 5.65 Å². The first-order valence-electron chi connectivity index (χ1n) is 11.6.